The van der Waals surface area contributed by atoms with E-state index in [0.29, 0.717) is 0 Å². The number of likely N-dealkylation sites (N-methyl/N-ethyl adjacent to an activating group) is 1. The van der Waals surface area contributed by atoms with Crippen molar-refractivity contribution < 1.29 is 4.79 Å². The second-order valence-corrected chi connectivity index (χ2v) is 3.79. The molecule has 0 spiro atoms. The molecule has 2 N–H and O–H groups in total. The van der Waals surface area contributed by atoms with Gasteiger partial charge in [-0.15, -0.1) is 6.58 Å². The summed E-state index contributed by atoms with van der Waals surface area (Å²) in [6, 6.07) is -0.296. The summed E-state index contributed by atoms with van der Waals surface area (Å²) in [5.41, 5.74) is 4.99. The topological polar surface area (TPSA) is 46.3 Å². The quantitative estimate of drug-likeness (QED) is 0.628. The van der Waals surface area contributed by atoms with Crippen LogP contribution >= 0.6 is 0 Å². The van der Waals surface area contributed by atoms with Crippen molar-refractivity contribution in [1.29, 1.82) is 0 Å². The molecular formula is C9H18N2O. The van der Waals surface area contributed by atoms with Crippen molar-refractivity contribution in [2.75, 3.05) is 14.1 Å². The van der Waals surface area contributed by atoms with Gasteiger partial charge in [-0.2, -0.15) is 0 Å². The van der Waals surface area contributed by atoms with Crippen LogP contribution in [-0.2, 0) is 4.79 Å². The first-order valence-electron chi connectivity index (χ1n) is 3.92. The number of rotatable bonds is 4. The summed E-state index contributed by atoms with van der Waals surface area (Å²) in [6.45, 7) is 7.56. The second-order valence-electron chi connectivity index (χ2n) is 3.79. The Kier molecular flexibility index (Phi) is 3.46. The van der Waals surface area contributed by atoms with E-state index in [4.69, 9.17) is 5.73 Å². The minimum atomic E-state index is -0.315. The lowest BCUT2D eigenvalue weighted by molar-refractivity contribution is -0.125. The lowest BCUT2D eigenvalue weighted by Gasteiger charge is -2.33. The molecule has 1 atom stereocenters. The van der Waals surface area contributed by atoms with Gasteiger partial charge in [0.25, 0.3) is 0 Å². The lowest BCUT2D eigenvalue weighted by Crippen LogP contribution is -2.49. The highest BCUT2D eigenvalue weighted by Crippen LogP contribution is 2.24. The summed E-state index contributed by atoms with van der Waals surface area (Å²) in [5.74, 6) is -0.315. The Morgan fingerprint density at radius 3 is 2.08 bits per heavy atom. The van der Waals surface area contributed by atoms with E-state index in [9.17, 15) is 4.79 Å². The third-order valence-corrected chi connectivity index (χ3v) is 2.02. The van der Waals surface area contributed by atoms with Crippen molar-refractivity contribution in [3.05, 3.63) is 12.7 Å². The van der Waals surface area contributed by atoms with Crippen LogP contribution in [0.15, 0.2) is 12.7 Å². The van der Waals surface area contributed by atoms with Gasteiger partial charge in [-0.05, 0) is 14.1 Å². The van der Waals surface area contributed by atoms with Crippen molar-refractivity contribution in [2.45, 2.75) is 19.9 Å². The molecule has 3 heteroatoms. The number of nitrogens with two attached hydrogens (primary N) is 1. The minimum Gasteiger partial charge on any atom is -0.368 e. The molecule has 0 aromatic rings. The molecule has 0 aromatic heterocycles. The van der Waals surface area contributed by atoms with Crippen LogP contribution in [0.1, 0.15) is 13.8 Å². The van der Waals surface area contributed by atoms with Gasteiger partial charge in [0.2, 0.25) is 5.91 Å². The molecule has 1 unspecified atom stereocenters. The van der Waals surface area contributed by atoms with Crippen LogP contribution < -0.4 is 5.73 Å². The molecular weight excluding hydrogens is 152 g/mol. The highest BCUT2D eigenvalue weighted by atomic mass is 16.1. The first-order chi connectivity index (χ1) is 5.33. The Bertz CT molecular complexity index is 185. The van der Waals surface area contributed by atoms with Crippen molar-refractivity contribution in [3.63, 3.8) is 0 Å². The van der Waals surface area contributed by atoms with E-state index in [0.717, 1.165) is 0 Å². The van der Waals surface area contributed by atoms with E-state index < -0.39 is 0 Å². The number of amides is 1. The molecule has 12 heavy (non-hydrogen) atoms. The number of hydrogen-bond acceptors (Lipinski definition) is 2. The van der Waals surface area contributed by atoms with E-state index in [1.807, 2.05) is 32.8 Å². The van der Waals surface area contributed by atoms with Crippen LogP contribution in [0.3, 0.4) is 0 Å². The fraction of sp³-hybridized carbons (Fsp3) is 0.667. The van der Waals surface area contributed by atoms with Gasteiger partial charge in [0, 0.05) is 5.41 Å². The van der Waals surface area contributed by atoms with Crippen LogP contribution in [0.5, 0.6) is 0 Å². The SMILES string of the molecule is C=CC(C)(C)C(C(N)=O)N(C)C. The first kappa shape index (κ1) is 11.2. The summed E-state index contributed by atoms with van der Waals surface area (Å²) < 4.78 is 0. The predicted octanol–water partition coefficient (Wildman–Crippen LogP) is 0.614. The maximum Gasteiger partial charge on any atom is 0.235 e. The third kappa shape index (κ3) is 2.34. The van der Waals surface area contributed by atoms with Gasteiger partial charge >= 0.3 is 0 Å². The van der Waals surface area contributed by atoms with Gasteiger partial charge in [-0.3, -0.25) is 9.69 Å². The molecule has 0 heterocycles. The zero-order valence-electron chi connectivity index (χ0n) is 8.29. The largest absolute Gasteiger partial charge is 0.368 e. The number of carbonyl (C=O) groups is 1. The Hall–Kier alpha value is -0.830. The minimum absolute atomic E-state index is 0.282. The second kappa shape index (κ2) is 3.72. The molecule has 3 nitrogen and oxygen atoms in total. The Labute approximate surface area is 74.2 Å². The van der Waals surface area contributed by atoms with E-state index in [1.165, 1.54) is 0 Å². The molecule has 70 valence electrons. The van der Waals surface area contributed by atoms with E-state index in [-0.39, 0.29) is 17.4 Å². The molecule has 0 aliphatic heterocycles. The molecule has 0 aromatic carbocycles. The van der Waals surface area contributed by atoms with Crippen LogP contribution in [0.4, 0.5) is 0 Å². The smallest absolute Gasteiger partial charge is 0.235 e. The standard InChI is InChI=1S/C9H18N2O/c1-6-9(2,3)7(8(10)12)11(4)5/h6-7H,1H2,2-5H3,(H2,10,12). The predicted molar refractivity (Wildman–Crippen MR) is 50.6 cm³/mol. The molecule has 0 bridgehead atoms. The van der Waals surface area contributed by atoms with Crippen molar-refractivity contribution in [1.82, 2.24) is 4.90 Å². The van der Waals surface area contributed by atoms with Gasteiger partial charge in [-0.25, -0.2) is 0 Å². The Morgan fingerprint density at radius 1 is 1.58 bits per heavy atom. The molecule has 0 aliphatic rings. The summed E-state index contributed by atoms with van der Waals surface area (Å²) >= 11 is 0. The van der Waals surface area contributed by atoms with Gasteiger partial charge < -0.3 is 5.73 Å². The molecule has 1 amide bonds. The zero-order valence-corrected chi connectivity index (χ0v) is 8.29. The van der Waals surface area contributed by atoms with Gasteiger partial charge in [0.05, 0.1) is 6.04 Å². The van der Waals surface area contributed by atoms with Crippen LogP contribution in [0.25, 0.3) is 0 Å². The Morgan fingerprint density at radius 2 is 2.00 bits per heavy atom. The zero-order chi connectivity index (χ0) is 9.94. The van der Waals surface area contributed by atoms with E-state index in [1.54, 1.807) is 6.08 Å². The first-order valence-corrected chi connectivity index (χ1v) is 3.92. The highest BCUT2D eigenvalue weighted by molar-refractivity contribution is 5.81. The van der Waals surface area contributed by atoms with Crippen molar-refractivity contribution >= 4 is 5.91 Å². The normalized spacial score (nSPS) is 14.4. The molecule has 0 radical (unpaired) electrons. The van der Waals surface area contributed by atoms with E-state index in [2.05, 4.69) is 6.58 Å². The maximum atomic E-state index is 11.1. The number of primary amides is 1. The lowest BCUT2D eigenvalue weighted by atomic mass is 9.83. The molecule has 0 rings (SSSR count). The van der Waals surface area contributed by atoms with Crippen LogP contribution in [0.2, 0.25) is 0 Å². The average molecular weight is 170 g/mol. The molecule has 0 fully saturated rings. The highest BCUT2D eigenvalue weighted by Gasteiger charge is 2.32. The van der Waals surface area contributed by atoms with Crippen LogP contribution in [0, 0.1) is 5.41 Å². The summed E-state index contributed by atoms with van der Waals surface area (Å²) in [4.78, 5) is 12.9. The summed E-state index contributed by atoms with van der Waals surface area (Å²) in [5, 5.41) is 0. The monoisotopic (exact) mass is 170 g/mol. The average Bonchev–Trinajstić information content (AvgIpc) is 1.84. The number of hydrogen-bond donors (Lipinski definition) is 1. The fourth-order valence-corrected chi connectivity index (χ4v) is 1.40. The van der Waals surface area contributed by atoms with Gasteiger partial charge in [0.1, 0.15) is 0 Å². The van der Waals surface area contributed by atoms with Gasteiger partial charge in [0.15, 0.2) is 0 Å². The maximum absolute atomic E-state index is 11.1. The van der Waals surface area contributed by atoms with Crippen molar-refractivity contribution in [3.8, 4) is 0 Å². The third-order valence-electron chi connectivity index (χ3n) is 2.02. The number of nitrogens with zero attached hydrogens (tertiary/aromatic N) is 1. The number of carbonyl (C=O) groups excluding carboxylic acids is 1. The van der Waals surface area contributed by atoms with Crippen LogP contribution in [-0.4, -0.2) is 30.9 Å². The summed E-state index contributed by atoms with van der Waals surface area (Å²) in [7, 11) is 3.67. The fourth-order valence-electron chi connectivity index (χ4n) is 1.40. The molecule has 0 aliphatic carbocycles. The molecule has 0 saturated heterocycles. The Balaban J connectivity index is 4.74. The van der Waals surface area contributed by atoms with E-state index >= 15 is 0 Å². The molecule has 0 saturated carbocycles. The van der Waals surface area contributed by atoms with Gasteiger partial charge in [-0.1, -0.05) is 19.9 Å². The van der Waals surface area contributed by atoms with Crippen molar-refractivity contribution in [2.24, 2.45) is 11.1 Å². The summed E-state index contributed by atoms with van der Waals surface area (Å²) in [6.07, 6.45) is 1.75.